The number of amides is 1. The van der Waals surface area contributed by atoms with Crippen LogP contribution in [0.2, 0.25) is 0 Å². The normalized spacial score (nSPS) is 10.1. The number of carboxylic acid groups (broad SMARTS) is 1. The van der Waals surface area contributed by atoms with E-state index in [-0.39, 0.29) is 34.1 Å². The molecule has 0 aliphatic heterocycles. The summed E-state index contributed by atoms with van der Waals surface area (Å²) in [4.78, 5) is 71.6. The van der Waals surface area contributed by atoms with Crippen LogP contribution in [0, 0.1) is 11.8 Å². The lowest BCUT2D eigenvalue weighted by atomic mass is 10.1. The van der Waals surface area contributed by atoms with Gasteiger partial charge in [-0.1, -0.05) is 61.4 Å². The summed E-state index contributed by atoms with van der Waals surface area (Å²) in [5.74, 6) is 2.26. The standard InChI is InChI=1S/C47H46O12.C7H7NO/c1-3-43(48)56-30-14-7-5-12-28-54-38-24-20-35(21-25-38)46(52)58-41-33-40(45(50)51)42(32-37(41)19-18-34-16-10-9-11-17-34)59-47(53)36-22-26-39(27-23-36)55-29-13-6-8-15-31-57-44(49)4-2;8-7(9)6-4-2-1-3-5-6/h3-4,9-11,16-17,20-27,32-33H,1-2,5-8,12-15,28-31H2,(H,50,51);1-5H,(H2,8,9). The van der Waals surface area contributed by atoms with Crippen LogP contribution in [0.3, 0.4) is 0 Å². The maximum atomic E-state index is 13.3. The van der Waals surface area contributed by atoms with Gasteiger partial charge < -0.3 is 39.3 Å². The minimum Gasteiger partial charge on any atom is -0.494 e. The first-order valence-corrected chi connectivity index (χ1v) is 21.8. The van der Waals surface area contributed by atoms with Crippen molar-refractivity contribution in [2.45, 2.75) is 51.4 Å². The lowest BCUT2D eigenvalue weighted by Crippen LogP contribution is -2.14. The molecule has 0 heterocycles. The molecule has 0 spiro atoms. The van der Waals surface area contributed by atoms with Crippen LogP contribution in [0.4, 0.5) is 0 Å². The molecule has 5 aromatic rings. The molecule has 68 heavy (non-hydrogen) atoms. The number of rotatable bonds is 24. The molecule has 14 heteroatoms. The zero-order chi connectivity index (χ0) is 48.9. The van der Waals surface area contributed by atoms with Crippen LogP contribution in [0.5, 0.6) is 23.0 Å². The molecular weight excluding hydrogens is 871 g/mol. The second-order valence-electron chi connectivity index (χ2n) is 14.6. The van der Waals surface area contributed by atoms with E-state index in [2.05, 4.69) is 25.0 Å². The van der Waals surface area contributed by atoms with Gasteiger partial charge in [0.15, 0.2) is 0 Å². The number of primary amides is 1. The minimum absolute atomic E-state index is 0.107. The quantitative estimate of drug-likeness (QED) is 0.0195. The average molecular weight is 924 g/mol. The second kappa shape index (κ2) is 29.2. The maximum absolute atomic E-state index is 13.3. The zero-order valence-electron chi connectivity index (χ0n) is 37.5. The van der Waals surface area contributed by atoms with Gasteiger partial charge in [-0.15, -0.1) is 0 Å². The molecule has 0 unspecified atom stereocenters. The Kier molecular flexibility index (Phi) is 22.4. The first kappa shape index (κ1) is 52.2. The summed E-state index contributed by atoms with van der Waals surface area (Å²) in [7, 11) is 0. The van der Waals surface area contributed by atoms with Crippen LogP contribution in [0.15, 0.2) is 147 Å². The monoisotopic (exact) mass is 923 g/mol. The van der Waals surface area contributed by atoms with Crippen molar-refractivity contribution in [2.24, 2.45) is 5.73 Å². The smallest absolute Gasteiger partial charge is 0.343 e. The van der Waals surface area contributed by atoms with Gasteiger partial charge in [0.2, 0.25) is 5.91 Å². The van der Waals surface area contributed by atoms with Gasteiger partial charge >= 0.3 is 29.8 Å². The van der Waals surface area contributed by atoms with Crippen molar-refractivity contribution in [1.29, 1.82) is 0 Å². The highest BCUT2D eigenvalue weighted by Gasteiger charge is 2.22. The molecule has 0 saturated heterocycles. The largest absolute Gasteiger partial charge is 0.494 e. The minimum atomic E-state index is -1.42. The number of nitrogens with two attached hydrogens (primary N) is 1. The van der Waals surface area contributed by atoms with E-state index in [1.54, 1.807) is 72.8 Å². The van der Waals surface area contributed by atoms with Gasteiger partial charge in [0.1, 0.15) is 28.6 Å². The van der Waals surface area contributed by atoms with Gasteiger partial charge in [0, 0.05) is 35.4 Å². The van der Waals surface area contributed by atoms with Crippen LogP contribution >= 0.6 is 0 Å². The molecule has 14 nitrogen and oxygen atoms in total. The number of esters is 4. The van der Waals surface area contributed by atoms with Crippen LogP contribution in [-0.4, -0.2) is 67.3 Å². The number of hydrogen-bond acceptors (Lipinski definition) is 12. The Morgan fingerprint density at radius 2 is 0.956 bits per heavy atom. The van der Waals surface area contributed by atoms with Gasteiger partial charge in [-0.3, -0.25) is 4.79 Å². The van der Waals surface area contributed by atoms with E-state index in [1.165, 1.54) is 30.3 Å². The number of carboxylic acids is 1. The molecule has 3 N–H and O–H groups in total. The fraction of sp³-hybridized carbons (Fsp3) is 0.222. The molecule has 1 amide bonds. The van der Waals surface area contributed by atoms with E-state index in [0.29, 0.717) is 49.1 Å². The third kappa shape index (κ3) is 19.0. The van der Waals surface area contributed by atoms with E-state index in [1.807, 2.05) is 12.1 Å². The van der Waals surface area contributed by atoms with Crippen molar-refractivity contribution in [1.82, 2.24) is 0 Å². The van der Waals surface area contributed by atoms with Gasteiger partial charge in [0.25, 0.3) is 0 Å². The Balaban J connectivity index is 0.000001000. The first-order chi connectivity index (χ1) is 33.0. The van der Waals surface area contributed by atoms with E-state index in [0.717, 1.165) is 69.6 Å². The van der Waals surface area contributed by atoms with E-state index in [4.69, 9.17) is 34.2 Å². The summed E-state index contributed by atoms with van der Waals surface area (Å²) < 4.78 is 32.8. The fourth-order valence-corrected chi connectivity index (χ4v) is 5.91. The molecule has 0 fully saturated rings. The maximum Gasteiger partial charge on any atom is 0.343 e. The molecular formula is C54H53NO13. The van der Waals surface area contributed by atoms with Crippen molar-refractivity contribution in [3.8, 4) is 34.8 Å². The number of carbonyl (C=O) groups is 6. The van der Waals surface area contributed by atoms with Gasteiger partial charge in [-0.2, -0.15) is 0 Å². The highest BCUT2D eigenvalue weighted by molar-refractivity contribution is 5.97. The molecule has 0 radical (unpaired) electrons. The van der Waals surface area contributed by atoms with Crippen molar-refractivity contribution < 1.29 is 62.3 Å². The van der Waals surface area contributed by atoms with Crippen molar-refractivity contribution >= 4 is 35.8 Å². The number of hydrogen-bond donors (Lipinski definition) is 2. The summed E-state index contributed by atoms with van der Waals surface area (Å²) in [6.45, 7) is 8.31. The molecule has 352 valence electrons. The Labute approximate surface area is 395 Å². The topological polar surface area (TPSA) is 204 Å². The lowest BCUT2D eigenvalue weighted by Gasteiger charge is -2.13. The Bertz CT molecular complexity index is 2530. The predicted molar refractivity (Wildman–Crippen MR) is 254 cm³/mol. The van der Waals surface area contributed by atoms with Crippen molar-refractivity contribution in [3.63, 3.8) is 0 Å². The summed E-state index contributed by atoms with van der Waals surface area (Å²) in [5.41, 5.74) is 6.18. The molecule has 5 aromatic carbocycles. The molecule has 0 aliphatic rings. The third-order valence-corrected chi connectivity index (χ3v) is 9.51. The number of benzene rings is 5. The number of ether oxygens (including phenoxy) is 6. The van der Waals surface area contributed by atoms with Crippen LogP contribution in [0.1, 0.15) is 104 Å². The Hall–Kier alpha value is -8.44. The van der Waals surface area contributed by atoms with Crippen LogP contribution < -0.4 is 24.7 Å². The highest BCUT2D eigenvalue weighted by atomic mass is 16.5. The van der Waals surface area contributed by atoms with Gasteiger partial charge in [0.05, 0.1) is 43.1 Å². The summed E-state index contributed by atoms with van der Waals surface area (Å²) in [6, 6.07) is 32.6. The van der Waals surface area contributed by atoms with Gasteiger partial charge in [-0.05, 0) is 124 Å². The molecule has 0 bridgehead atoms. The highest BCUT2D eigenvalue weighted by Crippen LogP contribution is 2.31. The van der Waals surface area contributed by atoms with Crippen LogP contribution in [0.25, 0.3) is 0 Å². The van der Waals surface area contributed by atoms with Crippen LogP contribution in [-0.2, 0) is 19.1 Å². The SMILES string of the molecule is C=CC(=O)OCCCCCCOc1ccc(C(=O)Oc2cc(C(=O)O)c(OC(=O)c3ccc(OCCCCCCOC(=O)C=C)cc3)cc2C#Cc2ccccc2)cc1.NC(=O)c1ccccc1. The van der Waals surface area contributed by atoms with E-state index >= 15 is 0 Å². The Morgan fingerprint density at radius 1 is 0.515 bits per heavy atom. The molecule has 0 saturated carbocycles. The summed E-state index contributed by atoms with van der Waals surface area (Å²) in [6.07, 6.45) is 8.81. The van der Waals surface area contributed by atoms with Gasteiger partial charge in [-0.25, -0.2) is 24.0 Å². The molecule has 0 aliphatic carbocycles. The molecule has 5 rings (SSSR count). The van der Waals surface area contributed by atoms with Crippen molar-refractivity contribution in [2.75, 3.05) is 26.4 Å². The lowest BCUT2D eigenvalue weighted by molar-refractivity contribution is -0.138. The van der Waals surface area contributed by atoms with E-state index < -0.39 is 35.4 Å². The Morgan fingerprint density at radius 3 is 1.38 bits per heavy atom. The predicted octanol–water partition coefficient (Wildman–Crippen LogP) is 9.35. The molecule has 0 aromatic heterocycles. The fourth-order valence-electron chi connectivity index (χ4n) is 5.91. The summed E-state index contributed by atoms with van der Waals surface area (Å²) in [5, 5.41) is 10.1. The average Bonchev–Trinajstić information content (AvgIpc) is 3.36. The number of aromatic carboxylic acids is 1. The van der Waals surface area contributed by atoms with E-state index in [9.17, 15) is 33.9 Å². The number of unbranched alkanes of at least 4 members (excludes halogenated alkanes) is 6. The third-order valence-electron chi connectivity index (χ3n) is 9.51. The van der Waals surface area contributed by atoms with Crippen molar-refractivity contribution in [3.05, 3.63) is 180 Å². The first-order valence-electron chi connectivity index (χ1n) is 21.8. The second-order valence-corrected chi connectivity index (χ2v) is 14.6. The number of carbonyl (C=O) groups excluding carboxylic acids is 5. The zero-order valence-corrected chi connectivity index (χ0v) is 37.5. The molecule has 0 atom stereocenters. The summed E-state index contributed by atoms with van der Waals surface area (Å²) >= 11 is 0.